The van der Waals surface area contributed by atoms with Crippen LogP contribution in [0.1, 0.15) is 16.2 Å². The van der Waals surface area contributed by atoms with Gasteiger partial charge in [-0.05, 0) is 18.2 Å². The minimum atomic E-state index is -0.240. The Labute approximate surface area is 142 Å². The SMILES string of the molecule is COc1nc(CNC(=O)c2ccc3nsnc3c2)nc(N(C)C)n1. The minimum Gasteiger partial charge on any atom is -0.467 e. The van der Waals surface area contributed by atoms with Gasteiger partial charge in [-0.25, -0.2) is 0 Å². The Morgan fingerprint density at radius 3 is 2.75 bits per heavy atom. The summed E-state index contributed by atoms with van der Waals surface area (Å²) in [4.78, 5) is 26.6. The molecule has 10 heteroatoms. The molecule has 124 valence electrons. The van der Waals surface area contributed by atoms with Crippen LogP contribution in [0, 0.1) is 0 Å². The van der Waals surface area contributed by atoms with E-state index < -0.39 is 0 Å². The Balaban J connectivity index is 1.74. The number of rotatable bonds is 5. The summed E-state index contributed by atoms with van der Waals surface area (Å²) in [5.74, 6) is 0.632. The first-order valence-corrected chi connectivity index (χ1v) is 7.76. The number of hydrogen-bond acceptors (Lipinski definition) is 9. The van der Waals surface area contributed by atoms with Crippen molar-refractivity contribution in [2.24, 2.45) is 0 Å². The van der Waals surface area contributed by atoms with Gasteiger partial charge in [0, 0.05) is 19.7 Å². The number of hydrogen-bond donors (Lipinski definition) is 1. The van der Waals surface area contributed by atoms with Crippen LogP contribution in [0.3, 0.4) is 0 Å². The van der Waals surface area contributed by atoms with Crippen molar-refractivity contribution in [2.75, 3.05) is 26.1 Å². The van der Waals surface area contributed by atoms with Crippen molar-refractivity contribution in [3.63, 3.8) is 0 Å². The summed E-state index contributed by atoms with van der Waals surface area (Å²) in [6, 6.07) is 5.38. The molecule has 24 heavy (non-hydrogen) atoms. The lowest BCUT2D eigenvalue weighted by Gasteiger charge is -2.12. The number of fused-ring (bicyclic) bond motifs is 1. The van der Waals surface area contributed by atoms with Gasteiger partial charge in [0.05, 0.1) is 25.4 Å². The van der Waals surface area contributed by atoms with Crippen LogP contribution in [-0.2, 0) is 6.54 Å². The maximum Gasteiger partial charge on any atom is 0.321 e. The van der Waals surface area contributed by atoms with Crippen LogP contribution in [0.2, 0.25) is 0 Å². The Bertz CT molecular complexity index is 880. The first-order chi connectivity index (χ1) is 11.6. The van der Waals surface area contributed by atoms with Crippen LogP contribution < -0.4 is 15.0 Å². The lowest BCUT2D eigenvalue weighted by atomic mass is 10.2. The second kappa shape index (κ2) is 6.71. The van der Waals surface area contributed by atoms with Gasteiger partial charge < -0.3 is 15.0 Å². The Morgan fingerprint density at radius 1 is 1.21 bits per heavy atom. The monoisotopic (exact) mass is 345 g/mol. The van der Waals surface area contributed by atoms with Crippen LogP contribution in [-0.4, -0.2) is 50.8 Å². The standard InChI is InChI=1S/C14H15N7O2S/c1-21(2)13-16-11(17-14(18-13)23-3)7-15-12(22)8-4-5-9-10(6-8)20-24-19-9/h4-6H,7H2,1-3H3,(H,15,22). The zero-order chi connectivity index (χ0) is 17.1. The quantitative estimate of drug-likeness (QED) is 0.726. The average Bonchev–Trinajstić information content (AvgIpc) is 3.06. The number of methoxy groups -OCH3 is 1. The number of nitrogens with zero attached hydrogens (tertiary/aromatic N) is 6. The number of ether oxygens (including phenoxy) is 1. The van der Waals surface area contributed by atoms with E-state index in [2.05, 4.69) is 29.0 Å². The van der Waals surface area contributed by atoms with E-state index in [4.69, 9.17) is 4.74 Å². The molecular formula is C14H15N7O2S. The molecule has 0 saturated carbocycles. The lowest BCUT2D eigenvalue weighted by molar-refractivity contribution is 0.0950. The van der Waals surface area contributed by atoms with E-state index in [-0.39, 0.29) is 18.5 Å². The molecule has 0 unspecified atom stereocenters. The van der Waals surface area contributed by atoms with Crippen LogP contribution in [0.25, 0.3) is 11.0 Å². The summed E-state index contributed by atoms with van der Waals surface area (Å²) in [6.45, 7) is 0.159. The predicted octanol–water partition coefficient (Wildman–Crippen LogP) is 0.881. The van der Waals surface area contributed by atoms with Gasteiger partial charge in [-0.3, -0.25) is 4.79 Å². The molecule has 2 aromatic heterocycles. The number of carbonyl (C=O) groups is 1. The fourth-order valence-corrected chi connectivity index (χ4v) is 2.46. The van der Waals surface area contributed by atoms with E-state index >= 15 is 0 Å². The highest BCUT2D eigenvalue weighted by atomic mass is 32.1. The highest BCUT2D eigenvalue weighted by molar-refractivity contribution is 7.00. The van der Waals surface area contributed by atoms with Crippen molar-refractivity contribution in [1.82, 2.24) is 29.0 Å². The molecule has 1 N–H and O–H groups in total. The second-order valence-electron chi connectivity index (χ2n) is 5.08. The summed E-state index contributed by atoms with van der Waals surface area (Å²) in [7, 11) is 5.11. The molecular weight excluding hydrogens is 330 g/mol. The molecule has 0 aliphatic carbocycles. The Morgan fingerprint density at radius 2 is 2.00 bits per heavy atom. The van der Waals surface area contributed by atoms with Crippen LogP contribution >= 0.6 is 11.7 Å². The maximum atomic E-state index is 12.3. The number of anilines is 1. The van der Waals surface area contributed by atoms with Gasteiger partial charge in [-0.1, -0.05) is 0 Å². The van der Waals surface area contributed by atoms with Crippen molar-refractivity contribution < 1.29 is 9.53 Å². The molecule has 3 aromatic rings. The number of nitrogens with one attached hydrogen (secondary N) is 1. The molecule has 0 atom stereocenters. The van der Waals surface area contributed by atoms with Crippen molar-refractivity contribution in [1.29, 1.82) is 0 Å². The molecule has 0 aliphatic heterocycles. The lowest BCUT2D eigenvalue weighted by Crippen LogP contribution is -2.25. The van der Waals surface area contributed by atoms with Crippen LogP contribution in [0.4, 0.5) is 5.95 Å². The summed E-state index contributed by atoms with van der Waals surface area (Å²) in [5.41, 5.74) is 1.97. The molecule has 0 fully saturated rings. The fraction of sp³-hybridized carbons (Fsp3) is 0.286. The molecule has 9 nitrogen and oxygen atoms in total. The molecule has 0 radical (unpaired) electrons. The van der Waals surface area contributed by atoms with Crippen molar-refractivity contribution >= 4 is 34.6 Å². The number of amides is 1. The fourth-order valence-electron chi connectivity index (χ4n) is 1.94. The number of carbonyl (C=O) groups excluding carboxylic acids is 1. The maximum absolute atomic E-state index is 12.3. The molecule has 0 aliphatic rings. The van der Waals surface area contributed by atoms with Crippen molar-refractivity contribution in [3.05, 3.63) is 29.6 Å². The first kappa shape index (κ1) is 16.0. The molecule has 0 bridgehead atoms. The van der Waals surface area contributed by atoms with E-state index in [0.717, 1.165) is 17.2 Å². The summed E-state index contributed by atoms with van der Waals surface area (Å²) < 4.78 is 13.3. The summed E-state index contributed by atoms with van der Waals surface area (Å²) in [5, 5.41) is 2.78. The van der Waals surface area contributed by atoms with E-state index in [1.54, 1.807) is 23.1 Å². The largest absolute Gasteiger partial charge is 0.467 e. The number of benzene rings is 1. The smallest absolute Gasteiger partial charge is 0.321 e. The normalized spacial score (nSPS) is 10.6. The summed E-state index contributed by atoms with van der Waals surface area (Å²) in [6.07, 6.45) is 0. The third-order valence-electron chi connectivity index (χ3n) is 3.15. The van der Waals surface area contributed by atoms with Gasteiger partial charge in [0.1, 0.15) is 11.0 Å². The number of aromatic nitrogens is 5. The van der Waals surface area contributed by atoms with Gasteiger partial charge in [0.2, 0.25) is 5.95 Å². The van der Waals surface area contributed by atoms with Crippen molar-refractivity contribution in [3.8, 4) is 6.01 Å². The minimum absolute atomic E-state index is 0.159. The summed E-state index contributed by atoms with van der Waals surface area (Å²) >= 11 is 1.11. The highest BCUT2D eigenvalue weighted by Crippen LogP contribution is 2.14. The third-order valence-corrected chi connectivity index (χ3v) is 3.71. The molecule has 2 heterocycles. The van der Waals surface area contributed by atoms with Crippen LogP contribution in [0.5, 0.6) is 6.01 Å². The van der Waals surface area contributed by atoms with Crippen molar-refractivity contribution in [2.45, 2.75) is 6.54 Å². The molecule has 0 spiro atoms. The topological polar surface area (TPSA) is 106 Å². The molecule has 3 rings (SSSR count). The van der Waals surface area contributed by atoms with Crippen LogP contribution in [0.15, 0.2) is 18.2 Å². The predicted molar refractivity (Wildman–Crippen MR) is 89.3 cm³/mol. The van der Waals surface area contributed by atoms with Gasteiger partial charge >= 0.3 is 6.01 Å². The Kier molecular flexibility index (Phi) is 4.47. The Hall–Kier alpha value is -2.88. The van der Waals surface area contributed by atoms with Gasteiger partial charge in [-0.15, -0.1) is 0 Å². The molecule has 1 aromatic carbocycles. The molecule has 0 saturated heterocycles. The zero-order valence-electron chi connectivity index (χ0n) is 13.3. The van der Waals surface area contributed by atoms with Gasteiger partial charge in [0.25, 0.3) is 5.91 Å². The average molecular weight is 345 g/mol. The molecule has 1 amide bonds. The van der Waals surface area contributed by atoms with E-state index in [1.807, 2.05) is 14.1 Å². The zero-order valence-corrected chi connectivity index (χ0v) is 14.2. The highest BCUT2D eigenvalue weighted by Gasteiger charge is 2.12. The first-order valence-electron chi connectivity index (χ1n) is 7.03. The second-order valence-corrected chi connectivity index (χ2v) is 5.61. The van der Waals surface area contributed by atoms with E-state index in [9.17, 15) is 4.79 Å². The van der Waals surface area contributed by atoms with E-state index in [0.29, 0.717) is 22.9 Å². The third kappa shape index (κ3) is 3.38. The van der Waals surface area contributed by atoms with Gasteiger partial charge in [0.15, 0.2) is 5.82 Å². The van der Waals surface area contributed by atoms with E-state index in [1.165, 1.54) is 7.11 Å². The van der Waals surface area contributed by atoms with Gasteiger partial charge in [-0.2, -0.15) is 23.7 Å².